The number of anilines is 1. The van der Waals surface area contributed by atoms with Crippen LogP contribution in [-0.2, 0) is 0 Å². The third-order valence-corrected chi connectivity index (χ3v) is 3.99. The third-order valence-electron chi connectivity index (χ3n) is 3.66. The Morgan fingerprint density at radius 2 is 1.89 bits per heavy atom. The minimum atomic E-state index is -0.144. The molecule has 1 aliphatic rings. The lowest BCUT2D eigenvalue weighted by atomic mass is 10.1. The van der Waals surface area contributed by atoms with Crippen molar-refractivity contribution < 1.29 is 4.79 Å². The second kappa shape index (κ2) is 6.80. The summed E-state index contributed by atoms with van der Waals surface area (Å²) in [6.45, 7) is 0. The van der Waals surface area contributed by atoms with E-state index in [1.807, 2.05) is 12.1 Å². The van der Waals surface area contributed by atoms with E-state index in [4.69, 9.17) is 11.6 Å². The van der Waals surface area contributed by atoms with Gasteiger partial charge in [0.15, 0.2) is 0 Å². The summed E-state index contributed by atoms with van der Waals surface area (Å²) in [5.41, 5.74) is 1.51. The van der Waals surface area contributed by atoms with Gasteiger partial charge in [0, 0.05) is 18.8 Å². The van der Waals surface area contributed by atoms with Gasteiger partial charge in [-0.2, -0.15) is 0 Å². The maximum absolute atomic E-state index is 11.7. The first-order valence-corrected chi connectivity index (χ1v) is 7.36. The quantitative estimate of drug-likeness (QED) is 0.826. The Balaban J connectivity index is 2.09. The lowest BCUT2D eigenvalue weighted by Crippen LogP contribution is -2.20. The van der Waals surface area contributed by atoms with Gasteiger partial charge < -0.3 is 10.6 Å². The highest BCUT2D eigenvalue weighted by atomic mass is 35.5. The fourth-order valence-corrected chi connectivity index (χ4v) is 2.79. The van der Waals surface area contributed by atoms with Crippen molar-refractivity contribution in [3.8, 4) is 0 Å². The molecule has 1 aliphatic carbocycles. The first-order valence-electron chi connectivity index (χ1n) is 6.99. The molecule has 0 aliphatic heterocycles. The molecular formula is C15H21ClN2O. The van der Waals surface area contributed by atoms with E-state index in [0.29, 0.717) is 16.6 Å². The van der Waals surface area contributed by atoms with E-state index in [2.05, 4.69) is 10.6 Å². The molecule has 3 nitrogen and oxygen atoms in total. The molecule has 0 bridgehead atoms. The second-order valence-electron chi connectivity index (χ2n) is 5.11. The normalized spacial score (nSPS) is 16.7. The largest absolute Gasteiger partial charge is 0.382 e. The average Bonchev–Trinajstić information content (AvgIpc) is 2.68. The van der Waals surface area contributed by atoms with Gasteiger partial charge in [0.05, 0.1) is 10.6 Å². The number of benzene rings is 1. The Morgan fingerprint density at radius 3 is 2.53 bits per heavy atom. The van der Waals surface area contributed by atoms with E-state index in [-0.39, 0.29) is 5.91 Å². The molecule has 104 valence electrons. The summed E-state index contributed by atoms with van der Waals surface area (Å²) < 4.78 is 0. The fourth-order valence-electron chi connectivity index (χ4n) is 2.58. The van der Waals surface area contributed by atoms with E-state index < -0.39 is 0 Å². The summed E-state index contributed by atoms with van der Waals surface area (Å²) in [4.78, 5) is 11.7. The number of amides is 1. The van der Waals surface area contributed by atoms with Crippen molar-refractivity contribution in [2.45, 2.75) is 44.6 Å². The number of hydrogen-bond donors (Lipinski definition) is 2. The first-order chi connectivity index (χ1) is 9.20. The van der Waals surface area contributed by atoms with Gasteiger partial charge in [0.2, 0.25) is 0 Å². The van der Waals surface area contributed by atoms with Crippen molar-refractivity contribution in [1.82, 2.24) is 5.32 Å². The van der Waals surface area contributed by atoms with Crippen LogP contribution in [0, 0.1) is 0 Å². The zero-order valence-corrected chi connectivity index (χ0v) is 12.1. The Kier molecular flexibility index (Phi) is 5.08. The van der Waals surface area contributed by atoms with Gasteiger partial charge in [0.1, 0.15) is 0 Å². The number of carbonyl (C=O) groups excluding carboxylic acids is 1. The molecule has 1 aromatic rings. The molecule has 1 saturated carbocycles. The van der Waals surface area contributed by atoms with Crippen molar-refractivity contribution >= 4 is 23.2 Å². The van der Waals surface area contributed by atoms with Crippen LogP contribution in [0.3, 0.4) is 0 Å². The number of nitrogens with one attached hydrogen (secondary N) is 2. The highest BCUT2D eigenvalue weighted by Gasteiger charge is 2.14. The molecule has 1 fully saturated rings. The highest BCUT2D eigenvalue weighted by molar-refractivity contribution is 6.34. The van der Waals surface area contributed by atoms with Crippen LogP contribution in [0.1, 0.15) is 48.9 Å². The smallest absolute Gasteiger partial charge is 0.252 e. The van der Waals surface area contributed by atoms with Gasteiger partial charge in [-0.05, 0) is 31.0 Å². The van der Waals surface area contributed by atoms with Crippen molar-refractivity contribution in [1.29, 1.82) is 0 Å². The third kappa shape index (κ3) is 3.87. The predicted octanol–water partition coefficient (Wildman–Crippen LogP) is 3.83. The van der Waals surface area contributed by atoms with E-state index in [9.17, 15) is 4.79 Å². The Hall–Kier alpha value is -1.22. The van der Waals surface area contributed by atoms with Gasteiger partial charge in [-0.15, -0.1) is 0 Å². The molecule has 0 heterocycles. The van der Waals surface area contributed by atoms with Crippen LogP contribution >= 0.6 is 11.6 Å². The number of rotatable bonds is 3. The van der Waals surface area contributed by atoms with Gasteiger partial charge in [0.25, 0.3) is 5.91 Å². The second-order valence-corrected chi connectivity index (χ2v) is 5.51. The van der Waals surface area contributed by atoms with E-state index in [0.717, 1.165) is 5.69 Å². The minimum absolute atomic E-state index is 0.144. The van der Waals surface area contributed by atoms with Crippen LogP contribution in [0.25, 0.3) is 0 Å². The number of hydrogen-bond acceptors (Lipinski definition) is 2. The molecule has 0 radical (unpaired) electrons. The van der Waals surface area contributed by atoms with Gasteiger partial charge >= 0.3 is 0 Å². The van der Waals surface area contributed by atoms with Crippen molar-refractivity contribution in [2.75, 3.05) is 12.4 Å². The summed E-state index contributed by atoms with van der Waals surface area (Å²) in [7, 11) is 1.62. The Labute approximate surface area is 119 Å². The summed E-state index contributed by atoms with van der Waals surface area (Å²) in [6.07, 6.45) is 7.65. The summed E-state index contributed by atoms with van der Waals surface area (Å²) in [6, 6.07) is 6.08. The highest BCUT2D eigenvalue weighted by Crippen LogP contribution is 2.24. The lowest BCUT2D eigenvalue weighted by Gasteiger charge is -2.18. The maximum Gasteiger partial charge on any atom is 0.252 e. The maximum atomic E-state index is 11.7. The van der Waals surface area contributed by atoms with Crippen LogP contribution in [0.4, 0.5) is 5.69 Å². The fraction of sp³-hybridized carbons (Fsp3) is 0.533. The van der Waals surface area contributed by atoms with Crippen LogP contribution in [0.2, 0.25) is 5.02 Å². The minimum Gasteiger partial charge on any atom is -0.382 e. The molecule has 4 heteroatoms. The van der Waals surface area contributed by atoms with Gasteiger partial charge in [-0.1, -0.05) is 37.3 Å². The molecule has 0 saturated heterocycles. The monoisotopic (exact) mass is 280 g/mol. The standard InChI is InChI=1S/C15H21ClN2O/c1-17-15(19)13-10-12(8-9-14(13)16)18-11-6-4-2-3-5-7-11/h8-11,18H,2-7H2,1H3,(H,17,19). The Morgan fingerprint density at radius 1 is 1.21 bits per heavy atom. The van der Waals surface area contributed by atoms with Crippen LogP contribution in [0.5, 0.6) is 0 Å². The number of halogens is 1. The molecule has 19 heavy (non-hydrogen) atoms. The lowest BCUT2D eigenvalue weighted by molar-refractivity contribution is 0.0963. The molecular weight excluding hydrogens is 260 g/mol. The van der Waals surface area contributed by atoms with E-state index >= 15 is 0 Å². The first kappa shape index (κ1) is 14.2. The van der Waals surface area contributed by atoms with Crippen LogP contribution in [0.15, 0.2) is 18.2 Å². The average molecular weight is 281 g/mol. The summed E-state index contributed by atoms with van der Waals surface area (Å²) >= 11 is 6.05. The van der Waals surface area contributed by atoms with Gasteiger partial charge in [-0.25, -0.2) is 0 Å². The summed E-state index contributed by atoms with van der Waals surface area (Å²) in [5, 5.41) is 6.63. The van der Waals surface area contributed by atoms with Crippen molar-refractivity contribution in [3.05, 3.63) is 28.8 Å². The molecule has 2 N–H and O–H groups in total. The molecule has 0 aromatic heterocycles. The van der Waals surface area contributed by atoms with Crippen molar-refractivity contribution in [3.63, 3.8) is 0 Å². The topological polar surface area (TPSA) is 41.1 Å². The predicted molar refractivity (Wildman–Crippen MR) is 80.0 cm³/mol. The molecule has 1 aromatic carbocycles. The Bertz CT molecular complexity index is 440. The van der Waals surface area contributed by atoms with E-state index in [1.165, 1.54) is 38.5 Å². The molecule has 0 spiro atoms. The zero-order chi connectivity index (χ0) is 13.7. The van der Waals surface area contributed by atoms with Crippen LogP contribution < -0.4 is 10.6 Å². The van der Waals surface area contributed by atoms with E-state index in [1.54, 1.807) is 13.1 Å². The molecule has 1 amide bonds. The molecule has 0 unspecified atom stereocenters. The zero-order valence-electron chi connectivity index (χ0n) is 11.3. The summed E-state index contributed by atoms with van der Waals surface area (Å²) in [5.74, 6) is -0.144. The SMILES string of the molecule is CNC(=O)c1cc(NC2CCCCCC2)ccc1Cl. The molecule has 2 rings (SSSR count). The van der Waals surface area contributed by atoms with Crippen LogP contribution in [-0.4, -0.2) is 19.0 Å². The molecule has 0 atom stereocenters. The number of carbonyl (C=O) groups is 1. The van der Waals surface area contributed by atoms with Gasteiger partial charge in [-0.3, -0.25) is 4.79 Å². The van der Waals surface area contributed by atoms with Crippen molar-refractivity contribution in [2.24, 2.45) is 0 Å².